The maximum Gasteiger partial charge on any atom is 0.240 e. The lowest BCUT2D eigenvalue weighted by molar-refractivity contribution is -0.136. The van der Waals surface area contributed by atoms with Crippen LogP contribution in [0, 0.1) is 11.8 Å². The number of piperidine rings is 1. The van der Waals surface area contributed by atoms with Gasteiger partial charge in [-0.2, -0.15) is 0 Å². The number of hydrogen-bond donors (Lipinski definition) is 2. The van der Waals surface area contributed by atoms with Crippen LogP contribution in [0.15, 0.2) is 0 Å². The van der Waals surface area contributed by atoms with E-state index in [1.54, 1.807) is 7.05 Å². The van der Waals surface area contributed by atoms with Crippen molar-refractivity contribution in [1.82, 2.24) is 15.5 Å². The smallest absolute Gasteiger partial charge is 0.240 e. The summed E-state index contributed by atoms with van der Waals surface area (Å²) in [6, 6.07) is 0. The molecule has 0 aromatic rings. The van der Waals surface area contributed by atoms with Crippen LogP contribution in [0.4, 0.5) is 0 Å². The first-order valence-corrected chi connectivity index (χ1v) is 7.94. The van der Waals surface area contributed by atoms with E-state index in [4.69, 9.17) is 0 Å². The van der Waals surface area contributed by atoms with Gasteiger partial charge in [0.15, 0.2) is 0 Å². The molecule has 2 atom stereocenters. The predicted molar refractivity (Wildman–Crippen MR) is 84.9 cm³/mol. The van der Waals surface area contributed by atoms with Crippen molar-refractivity contribution >= 4 is 11.8 Å². The molecule has 0 saturated carbocycles. The Kier molecular flexibility index (Phi) is 6.65. The van der Waals surface area contributed by atoms with Crippen molar-refractivity contribution in [3.63, 3.8) is 0 Å². The molecular formula is C16H31N3O2. The number of likely N-dealkylation sites (N-methyl/N-ethyl adjacent to an activating group) is 1. The van der Waals surface area contributed by atoms with E-state index in [0.717, 1.165) is 13.1 Å². The van der Waals surface area contributed by atoms with Crippen molar-refractivity contribution in [3.05, 3.63) is 0 Å². The third-order valence-corrected chi connectivity index (χ3v) is 3.96. The van der Waals surface area contributed by atoms with E-state index in [9.17, 15) is 9.59 Å². The zero-order valence-corrected chi connectivity index (χ0v) is 14.2. The third-order valence-electron chi connectivity index (χ3n) is 3.96. The highest BCUT2D eigenvalue weighted by Crippen LogP contribution is 2.22. The minimum absolute atomic E-state index is 0.0529. The van der Waals surface area contributed by atoms with Crippen LogP contribution in [0.25, 0.3) is 0 Å². The molecule has 1 rings (SSSR count). The zero-order valence-electron chi connectivity index (χ0n) is 14.2. The minimum atomic E-state index is -0.262. The van der Waals surface area contributed by atoms with Gasteiger partial charge in [0.1, 0.15) is 0 Å². The first-order chi connectivity index (χ1) is 9.69. The van der Waals surface area contributed by atoms with E-state index in [-0.39, 0.29) is 23.9 Å². The second-order valence-corrected chi connectivity index (χ2v) is 7.34. The highest BCUT2D eigenvalue weighted by molar-refractivity contribution is 5.85. The average molecular weight is 297 g/mol. The van der Waals surface area contributed by atoms with E-state index in [0.29, 0.717) is 18.3 Å². The van der Waals surface area contributed by atoms with Gasteiger partial charge in [0, 0.05) is 19.0 Å². The fourth-order valence-electron chi connectivity index (χ4n) is 2.72. The maximum absolute atomic E-state index is 12.2. The summed E-state index contributed by atoms with van der Waals surface area (Å²) in [5.41, 5.74) is -0.262. The number of amides is 2. The number of nitrogens with zero attached hydrogens (tertiary/aromatic N) is 1. The lowest BCUT2D eigenvalue weighted by Gasteiger charge is -2.29. The Balaban J connectivity index is 2.38. The number of carbonyl (C=O) groups excluding carboxylic acids is 2. The molecular weight excluding hydrogens is 266 g/mol. The fourth-order valence-corrected chi connectivity index (χ4v) is 2.72. The quantitative estimate of drug-likeness (QED) is 0.806. The number of hydrogen-bond acceptors (Lipinski definition) is 3. The SMILES string of the molecule is CC(CC(=O)N(C)CC(=O)NC(C)(C)C)C1CCCNC1. The van der Waals surface area contributed by atoms with E-state index < -0.39 is 0 Å². The molecule has 1 aliphatic heterocycles. The summed E-state index contributed by atoms with van der Waals surface area (Å²) in [4.78, 5) is 25.6. The molecule has 2 N–H and O–H groups in total. The molecule has 0 spiro atoms. The minimum Gasteiger partial charge on any atom is -0.350 e. The largest absolute Gasteiger partial charge is 0.350 e. The van der Waals surface area contributed by atoms with Crippen LogP contribution in [0.5, 0.6) is 0 Å². The summed E-state index contributed by atoms with van der Waals surface area (Å²) in [7, 11) is 1.70. The molecule has 1 aliphatic rings. The number of nitrogens with one attached hydrogen (secondary N) is 2. The van der Waals surface area contributed by atoms with Crippen LogP contribution in [-0.2, 0) is 9.59 Å². The Labute approximate surface area is 128 Å². The van der Waals surface area contributed by atoms with Gasteiger partial charge in [0.2, 0.25) is 11.8 Å². The molecule has 1 heterocycles. The van der Waals surface area contributed by atoms with Crippen LogP contribution in [-0.4, -0.2) is 48.9 Å². The van der Waals surface area contributed by atoms with Crippen LogP contribution in [0.2, 0.25) is 0 Å². The summed E-state index contributed by atoms with van der Waals surface area (Å²) in [6.07, 6.45) is 2.90. The van der Waals surface area contributed by atoms with Crippen LogP contribution in [0.3, 0.4) is 0 Å². The second-order valence-electron chi connectivity index (χ2n) is 7.34. The third kappa shape index (κ3) is 6.93. The summed E-state index contributed by atoms with van der Waals surface area (Å²) in [5, 5.41) is 6.27. The van der Waals surface area contributed by atoms with Gasteiger partial charge in [-0.1, -0.05) is 6.92 Å². The van der Waals surface area contributed by atoms with Crippen molar-refractivity contribution in [3.8, 4) is 0 Å². The normalized spacial score (nSPS) is 20.7. The first kappa shape index (κ1) is 18.0. The monoisotopic (exact) mass is 297 g/mol. The summed E-state index contributed by atoms with van der Waals surface area (Å²) >= 11 is 0. The maximum atomic E-state index is 12.2. The van der Waals surface area contributed by atoms with Crippen molar-refractivity contribution in [2.24, 2.45) is 11.8 Å². The molecule has 5 heteroatoms. The van der Waals surface area contributed by atoms with Gasteiger partial charge < -0.3 is 15.5 Å². The molecule has 0 radical (unpaired) electrons. The Morgan fingerprint density at radius 1 is 1.38 bits per heavy atom. The van der Waals surface area contributed by atoms with Crippen molar-refractivity contribution in [1.29, 1.82) is 0 Å². The van der Waals surface area contributed by atoms with E-state index in [2.05, 4.69) is 17.6 Å². The Hall–Kier alpha value is -1.10. The van der Waals surface area contributed by atoms with Gasteiger partial charge >= 0.3 is 0 Å². The number of carbonyl (C=O) groups is 2. The highest BCUT2D eigenvalue weighted by Gasteiger charge is 2.24. The molecule has 2 unspecified atom stereocenters. The van der Waals surface area contributed by atoms with Gasteiger partial charge in [-0.15, -0.1) is 0 Å². The zero-order chi connectivity index (χ0) is 16.0. The lowest BCUT2D eigenvalue weighted by Crippen LogP contribution is -2.46. The van der Waals surface area contributed by atoms with Crippen LogP contribution >= 0.6 is 0 Å². The molecule has 5 nitrogen and oxygen atoms in total. The van der Waals surface area contributed by atoms with Gasteiger partial charge in [-0.3, -0.25) is 9.59 Å². The average Bonchev–Trinajstić information content (AvgIpc) is 2.37. The molecule has 1 fully saturated rings. The number of rotatable bonds is 5. The molecule has 122 valence electrons. The van der Waals surface area contributed by atoms with Crippen molar-refractivity contribution in [2.75, 3.05) is 26.7 Å². The summed E-state index contributed by atoms with van der Waals surface area (Å²) in [5.74, 6) is 0.875. The van der Waals surface area contributed by atoms with Gasteiger partial charge in [0.05, 0.1) is 6.54 Å². The van der Waals surface area contributed by atoms with Crippen LogP contribution < -0.4 is 10.6 Å². The summed E-state index contributed by atoms with van der Waals surface area (Å²) in [6.45, 7) is 10.2. The predicted octanol–water partition coefficient (Wildman–Crippen LogP) is 1.39. The van der Waals surface area contributed by atoms with E-state index in [1.165, 1.54) is 17.7 Å². The standard InChI is InChI=1S/C16H31N3O2/c1-12(13-7-6-8-17-10-13)9-15(21)19(5)11-14(20)18-16(2,3)4/h12-13,17H,6-11H2,1-5H3,(H,18,20). The fraction of sp³-hybridized carbons (Fsp3) is 0.875. The van der Waals surface area contributed by atoms with E-state index >= 15 is 0 Å². The molecule has 21 heavy (non-hydrogen) atoms. The highest BCUT2D eigenvalue weighted by atomic mass is 16.2. The lowest BCUT2D eigenvalue weighted by atomic mass is 9.85. The molecule has 0 aliphatic carbocycles. The van der Waals surface area contributed by atoms with Crippen LogP contribution in [0.1, 0.15) is 47.0 Å². The molecule has 0 bridgehead atoms. The second kappa shape index (κ2) is 7.78. The molecule has 1 saturated heterocycles. The first-order valence-electron chi connectivity index (χ1n) is 7.94. The Morgan fingerprint density at radius 3 is 2.57 bits per heavy atom. The topological polar surface area (TPSA) is 61.4 Å². The Morgan fingerprint density at radius 2 is 2.05 bits per heavy atom. The van der Waals surface area contributed by atoms with Crippen molar-refractivity contribution < 1.29 is 9.59 Å². The van der Waals surface area contributed by atoms with Gasteiger partial charge in [-0.25, -0.2) is 0 Å². The molecule has 0 aromatic carbocycles. The Bertz CT molecular complexity index is 357. The van der Waals surface area contributed by atoms with Gasteiger partial charge in [0.25, 0.3) is 0 Å². The van der Waals surface area contributed by atoms with Crippen molar-refractivity contribution in [2.45, 2.75) is 52.5 Å². The van der Waals surface area contributed by atoms with E-state index in [1.807, 2.05) is 20.8 Å². The summed E-state index contributed by atoms with van der Waals surface area (Å²) < 4.78 is 0. The molecule has 2 amide bonds. The van der Waals surface area contributed by atoms with Gasteiger partial charge in [-0.05, 0) is 58.5 Å². The molecule has 0 aromatic heterocycles.